The zero-order valence-electron chi connectivity index (χ0n) is 14.9. The molecule has 1 amide bonds. The molecule has 2 N–H and O–H groups in total. The number of benzene rings is 2. The standard InChI is InChI=1S/C19H20FNO5S/c1-3-12-6-9-15(27(2,25)26)10-16(12)18(22)21-11-17(19(23)24)13-4-7-14(20)8-5-13/h4-10,17H,3,11H2,1-2H3,(H,21,22)(H,23,24). The van der Waals surface area contributed by atoms with Crippen LogP contribution >= 0.6 is 0 Å². The predicted octanol–water partition coefficient (Wildman–Crippen LogP) is 2.39. The maximum absolute atomic E-state index is 13.0. The van der Waals surface area contributed by atoms with Crippen LogP contribution in [0.25, 0.3) is 0 Å². The molecule has 2 aromatic carbocycles. The summed E-state index contributed by atoms with van der Waals surface area (Å²) in [5, 5.41) is 11.9. The number of hydrogen-bond acceptors (Lipinski definition) is 4. The van der Waals surface area contributed by atoms with Crippen molar-refractivity contribution in [3.8, 4) is 0 Å². The van der Waals surface area contributed by atoms with Gasteiger partial charge in [-0.05, 0) is 41.8 Å². The fraction of sp³-hybridized carbons (Fsp3) is 0.263. The zero-order chi connectivity index (χ0) is 20.2. The molecule has 2 aromatic rings. The van der Waals surface area contributed by atoms with Gasteiger partial charge in [0.25, 0.3) is 5.91 Å². The molecule has 1 unspecified atom stereocenters. The van der Waals surface area contributed by atoms with Gasteiger partial charge in [0, 0.05) is 18.4 Å². The Bertz CT molecular complexity index is 955. The van der Waals surface area contributed by atoms with Gasteiger partial charge in [0.2, 0.25) is 0 Å². The summed E-state index contributed by atoms with van der Waals surface area (Å²) in [7, 11) is -3.49. The minimum atomic E-state index is -3.49. The Balaban J connectivity index is 2.25. The molecule has 27 heavy (non-hydrogen) atoms. The third kappa shape index (κ3) is 5.13. The Kier molecular flexibility index (Phi) is 6.32. The van der Waals surface area contributed by atoms with Crippen molar-refractivity contribution in [2.24, 2.45) is 0 Å². The van der Waals surface area contributed by atoms with Crippen LogP contribution in [0.4, 0.5) is 4.39 Å². The highest BCUT2D eigenvalue weighted by Gasteiger charge is 2.22. The molecule has 8 heteroatoms. The van der Waals surface area contributed by atoms with E-state index in [1.807, 2.05) is 6.92 Å². The van der Waals surface area contributed by atoms with Crippen LogP contribution in [0, 0.1) is 5.82 Å². The summed E-state index contributed by atoms with van der Waals surface area (Å²) in [4.78, 5) is 24.1. The molecule has 0 aliphatic heterocycles. The summed E-state index contributed by atoms with van der Waals surface area (Å²) in [6, 6.07) is 9.29. The molecular formula is C19H20FNO5S. The van der Waals surface area contributed by atoms with E-state index in [1.165, 1.54) is 24.3 Å². The minimum absolute atomic E-state index is 0.0122. The Labute approximate surface area is 157 Å². The van der Waals surface area contributed by atoms with Gasteiger partial charge in [-0.1, -0.05) is 25.1 Å². The first kappa shape index (κ1) is 20.6. The zero-order valence-corrected chi connectivity index (χ0v) is 15.7. The number of halogens is 1. The average molecular weight is 393 g/mol. The molecular weight excluding hydrogens is 373 g/mol. The van der Waals surface area contributed by atoms with Crippen LogP contribution in [0.2, 0.25) is 0 Å². The molecule has 0 aliphatic rings. The molecule has 0 saturated heterocycles. The molecule has 0 saturated carbocycles. The van der Waals surface area contributed by atoms with Gasteiger partial charge >= 0.3 is 5.97 Å². The van der Waals surface area contributed by atoms with Gasteiger partial charge in [-0.25, -0.2) is 12.8 Å². The van der Waals surface area contributed by atoms with E-state index in [-0.39, 0.29) is 17.0 Å². The summed E-state index contributed by atoms with van der Waals surface area (Å²) in [5.74, 6) is -3.27. The summed E-state index contributed by atoms with van der Waals surface area (Å²) in [5.41, 5.74) is 1.18. The smallest absolute Gasteiger partial charge is 0.312 e. The third-order valence-electron chi connectivity index (χ3n) is 4.17. The van der Waals surface area contributed by atoms with Gasteiger partial charge < -0.3 is 10.4 Å². The van der Waals surface area contributed by atoms with Crippen LogP contribution in [-0.2, 0) is 21.1 Å². The monoisotopic (exact) mass is 393 g/mol. The molecule has 0 spiro atoms. The minimum Gasteiger partial charge on any atom is -0.481 e. The number of carboxylic acids is 1. The molecule has 1 atom stereocenters. The van der Waals surface area contributed by atoms with Crippen LogP contribution in [-0.4, -0.2) is 38.2 Å². The highest BCUT2D eigenvalue weighted by molar-refractivity contribution is 7.90. The van der Waals surface area contributed by atoms with Crippen molar-refractivity contribution in [2.75, 3.05) is 12.8 Å². The van der Waals surface area contributed by atoms with E-state index < -0.39 is 33.4 Å². The molecule has 0 fully saturated rings. The van der Waals surface area contributed by atoms with Gasteiger partial charge in [-0.15, -0.1) is 0 Å². The van der Waals surface area contributed by atoms with Crippen molar-refractivity contribution in [2.45, 2.75) is 24.2 Å². The normalized spacial score (nSPS) is 12.4. The lowest BCUT2D eigenvalue weighted by atomic mass is 9.98. The topological polar surface area (TPSA) is 101 Å². The molecule has 6 nitrogen and oxygen atoms in total. The Hall–Kier alpha value is -2.74. The van der Waals surface area contributed by atoms with Crippen molar-refractivity contribution < 1.29 is 27.5 Å². The molecule has 0 bridgehead atoms. The number of aliphatic carboxylic acids is 1. The van der Waals surface area contributed by atoms with Crippen molar-refractivity contribution in [3.05, 3.63) is 65.0 Å². The fourth-order valence-electron chi connectivity index (χ4n) is 2.64. The second-order valence-electron chi connectivity index (χ2n) is 6.10. The summed E-state index contributed by atoms with van der Waals surface area (Å²) in [6.07, 6.45) is 1.55. The number of aryl methyl sites for hydroxylation is 1. The lowest BCUT2D eigenvalue weighted by Gasteiger charge is -2.15. The van der Waals surface area contributed by atoms with E-state index in [1.54, 1.807) is 6.07 Å². The van der Waals surface area contributed by atoms with E-state index in [4.69, 9.17) is 0 Å². The maximum Gasteiger partial charge on any atom is 0.312 e. The van der Waals surface area contributed by atoms with Crippen LogP contribution in [0.1, 0.15) is 34.3 Å². The maximum atomic E-state index is 13.0. The Morgan fingerprint density at radius 2 is 1.78 bits per heavy atom. The second kappa shape index (κ2) is 8.30. The van der Waals surface area contributed by atoms with Crippen molar-refractivity contribution in [1.29, 1.82) is 0 Å². The van der Waals surface area contributed by atoms with Crippen molar-refractivity contribution in [3.63, 3.8) is 0 Å². The van der Waals surface area contributed by atoms with Crippen molar-refractivity contribution in [1.82, 2.24) is 5.32 Å². The summed E-state index contributed by atoms with van der Waals surface area (Å²) >= 11 is 0. The SMILES string of the molecule is CCc1ccc(S(C)(=O)=O)cc1C(=O)NCC(C(=O)O)c1ccc(F)cc1. The first-order valence-corrected chi connectivity index (χ1v) is 10.1. The van der Waals surface area contributed by atoms with Crippen LogP contribution in [0.15, 0.2) is 47.4 Å². The molecule has 144 valence electrons. The van der Waals surface area contributed by atoms with Crippen LogP contribution < -0.4 is 5.32 Å². The van der Waals surface area contributed by atoms with Gasteiger partial charge in [0.15, 0.2) is 9.84 Å². The van der Waals surface area contributed by atoms with E-state index in [0.717, 1.165) is 18.4 Å². The van der Waals surface area contributed by atoms with Gasteiger partial charge in [-0.3, -0.25) is 9.59 Å². The molecule has 0 aliphatic carbocycles. The number of carbonyl (C=O) groups is 2. The number of carboxylic acid groups (broad SMARTS) is 1. The van der Waals surface area contributed by atoms with E-state index in [9.17, 15) is 27.5 Å². The first-order chi connectivity index (χ1) is 12.6. The average Bonchev–Trinajstić information content (AvgIpc) is 2.61. The molecule has 0 radical (unpaired) electrons. The third-order valence-corrected chi connectivity index (χ3v) is 5.28. The van der Waals surface area contributed by atoms with E-state index in [2.05, 4.69) is 5.32 Å². The Morgan fingerprint density at radius 1 is 1.15 bits per heavy atom. The van der Waals surface area contributed by atoms with Crippen LogP contribution in [0.3, 0.4) is 0 Å². The molecule has 2 rings (SSSR count). The van der Waals surface area contributed by atoms with Gasteiger partial charge in [-0.2, -0.15) is 0 Å². The summed E-state index contributed by atoms with van der Waals surface area (Å²) < 4.78 is 36.5. The largest absolute Gasteiger partial charge is 0.481 e. The lowest BCUT2D eigenvalue weighted by Crippen LogP contribution is -2.32. The lowest BCUT2D eigenvalue weighted by molar-refractivity contribution is -0.138. The van der Waals surface area contributed by atoms with Gasteiger partial charge in [0.05, 0.1) is 10.8 Å². The fourth-order valence-corrected chi connectivity index (χ4v) is 3.29. The number of carbonyl (C=O) groups excluding carboxylic acids is 1. The first-order valence-electron chi connectivity index (χ1n) is 8.23. The van der Waals surface area contributed by atoms with E-state index in [0.29, 0.717) is 17.5 Å². The van der Waals surface area contributed by atoms with Crippen molar-refractivity contribution >= 4 is 21.7 Å². The number of hydrogen-bond donors (Lipinski definition) is 2. The highest BCUT2D eigenvalue weighted by Crippen LogP contribution is 2.19. The predicted molar refractivity (Wildman–Crippen MR) is 98.0 cm³/mol. The number of nitrogens with one attached hydrogen (secondary N) is 1. The van der Waals surface area contributed by atoms with E-state index >= 15 is 0 Å². The Morgan fingerprint density at radius 3 is 2.30 bits per heavy atom. The molecule has 0 aromatic heterocycles. The second-order valence-corrected chi connectivity index (χ2v) is 8.11. The quantitative estimate of drug-likeness (QED) is 0.752. The highest BCUT2D eigenvalue weighted by atomic mass is 32.2. The number of rotatable bonds is 7. The number of amides is 1. The summed E-state index contributed by atoms with van der Waals surface area (Å²) in [6.45, 7) is 1.61. The number of sulfone groups is 1. The molecule has 0 heterocycles. The van der Waals surface area contributed by atoms with Crippen LogP contribution in [0.5, 0.6) is 0 Å². The van der Waals surface area contributed by atoms with Gasteiger partial charge in [0.1, 0.15) is 5.82 Å².